The number of benzene rings is 2. The van der Waals surface area contributed by atoms with Gasteiger partial charge < -0.3 is 18.9 Å². The standard InChI is InChI=1S/C20H17F2N3O4/c1-27-16-6-3-11(7-17(16)28-2)19-23-20(29-24-19)12-8-18(26)25(10-12)13-4-5-14(21)15(22)9-13/h3-7,9,12H,8,10H2,1-2H3. The van der Waals surface area contributed by atoms with Crippen LogP contribution in [0.1, 0.15) is 18.2 Å². The minimum atomic E-state index is -1.01. The molecule has 7 nitrogen and oxygen atoms in total. The monoisotopic (exact) mass is 401 g/mol. The van der Waals surface area contributed by atoms with Crippen molar-refractivity contribution in [2.24, 2.45) is 0 Å². The summed E-state index contributed by atoms with van der Waals surface area (Å²) in [5.74, 6) is -0.807. The van der Waals surface area contributed by atoms with Crippen LogP contribution in [0.2, 0.25) is 0 Å². The molecule has 1 atom stereocenters. The van der Waals surface area contributed by atoms with Crippen molar-refractivity contribution in [3.63, 3.8) is 0 Å². The summed E-state index contributed by atoms with van der Waals surface area (Å²) in [6, 6.07) is 8.57. The molecular weight excluding hydrogens is 384 g/mol. The van der Waals surface area contributed by atoms with Gasteiger partial charge in [-0.25, -0.2) is 8.78 Å². The van der Waals surface area contributed by atoms with Crippen LogP contribution in [0.3, 0.4) is 0 Å². The first-order chi connectivity index (χ1) is 14.0. The highest BCUT2D eigenvalue weighted by Crippen LogP contribution is 2.34. The molecule has 0 radical (unpaired) electrons. The SMILES string of the molecule is COc1ccc(-c2noc(C3CC(=O)N(c4ccc(F)c(F)c4)C3)n2)cc1OC. The molecule has 0 N–H and O–H groups in total. The van der Waals surface area contributed by atoms with E-state index in [1.165, 1.54) is 18.1 Å². The van der Waals surface area contributed by atoms with E-state index < -0.39 is 11.6 Å². The number of carbonyl (C=O) groups is 1. The highest BCUT2D eigenvalue weighted by atomic mass is 19.2. The zero-order valence-electron chi connectivity index (χ0n) is 15.7. The van der Waals surface area contributed by atoms with Crippen molar-refractivity contribution in [2.75, 3.05) is 25.7 Å². The van der Waals surface area contributed by atoms with Crippen LogP contribution in [0.4, 0.5) is 14.5 Å². The van der Waals surface area contributed by atoms with Gasteiger partial charge in [0.2, 0.25) is 17.6 Å². The van der Waals surface area contributed by atoms with Gasteiger partial charge in [-0.1, -0.05) is 5.16 Å². The van der Waals surface area contributed by atoms with E-state index in [4.69, 9.17) is 14.0 Å². The van der Waals surface area contributed by atoms with Gasteiger partial charge in [0.15, 0.2) is 23.1 Å². The van der Waals surface area contributed by atoms with E-state index in [0.717, 1.165) is 12.1 Å². The van der Waals surface area contributed by atoms with Gasteiger partial charge in [0.25, 0.3) is 0 Å². The number of carbonyl (C=O) groups excluding carboxylic acids is 1. The van der Waals surface area contributed by atoms with Crippen molar-refractivity contribution in [3.8, 4) is 22.9 Å². The summed E-state index contributed by atoms with van der Waals surface area (Å²) in [7, 11) is 3.07. The van der Waals surface area contributed by atoms with Gasteiger partial charge in [-0.3, -0.25) is 4.79 Å². The molecule has 1 fully saturated rings. The lowest BCUT2D eigenvalue weighted by molar-refractivity contribution is -0.117. The fourth-order valence-corrected chi connectivity index (χ4v) is 3.27. The molecule has 3 aromatic rings. The van der Waals surface area contributed by atoms with Crippen LogP contribution in [0, 0.1) is 11.6 Å². The first-order valence-corrected chi connectivity index (χ1v) is 8.81. The third-order valence-corrected chi connectivity index (χ3v) is 4.77. The van der Waals surface area contributed by atoms with E-state index in [1.807, 2.05) is 0 Å². The number of hydrogen-bond acceptors (Lipinski definition) is 6. The lowest BCUT2D eigenvalue weighted by atomic mass is 10.1. The summed E-state index contributed by atoms with van der Waals surface area (Å²) in [5, 5.41) is 3.99. The summed E-state index contributed by atoms with van der Waals surface area (Å²) < 4.78 is 42.5. The summed E-state index contributed by atoms with van der Waals surface area (Å²) >= 11 is 0. The Morgan fingerprint density at radius 3 is 2.59 bits per heavy atom. The smallest absolute Gasteiger partial charge is 0.232 e. The molecule has 1 amide bonds. The average molecular weight is 401 g/mol. The van der Waals surface area contributed by atoms with Crippen molar-refractivity contribution in [2.45, 2.75) is 12.3 Å². The Balaban J connectivity index is 1.56. The van der Waals surface area contributed by atoms with Gasteiger partial charge in [-0.15, -0.1) is 0 Å². The highest BCUT2D eigenvalue weighted by molar-refractivity contribution is 5.96. The third-order valence-electron chi connectivity index (χ3n) is 4.77. The molecule has 4 rings (SSSR count). The topological polar surface area (TPSA) is 77.7 Å². The number of ether oxygens (including phenoxy) is 2. The number of hydrogen-bond donors (Lipinski definition) is 0. The minimum Gasteiger partial charge on any atom is -0.493 e. The lowest BCUT2D eigenvalue weighted by Crippen LogP contribution is -2.24. The van der Waals surface area contributed by atoms with Gasteiger partial charge >= 0.3 is 0 Å². The minimum absolute atomic E-state index is 0.132. The molecule has 0 aliphatic carbocycles. The van der Waals surface area contributed by atoms with Crippen molar-refractivity contribution >= 4 is 11.6 Å². The molecule has 9 heteroatoms. The Bertz CT molecular complexity index is 1070. The van der Waals surface area contributed by atoms with Gasteiger partial charge in [0, 0.05) is 30.3 Å². The summed E-state index contributed by atoms with van der Waals surface area (Å²) in [5.41, 5.74) is 0.954. The first-order valence-electron chi connectivity index (χ1n) is 8.81. The van der Waals surface area contributed by atoms with Crippen molar-refractivity contribution in [1.82, 2.24) is 10.1 Å². The molecule has 150 valence electrons. The van der Waals surface area contributed by atoms with E-state index in [1.54, 1.807) is 25.3 Å². The average Bonchev–Trinajstić information content (AvgIpc) is 3.36. The van der Waals surface area contributed by atoms with E-state index in [0.29, 0.717) is 28.8 Å². The van der Waals surface area contributed by atoms with Gasteiger partial charge in [0.05, 0.1) is 20.1 Å². The second kappa shape index (κ2) is 7.50. The van der Waals surface area contributed by atoms with Crippen LogP contribution >= 0.6 is 0 Å². The van der Waals surface area contributed by atoms with Crippen molar-refractivity contribution in [3.05, 3.63) is 53.9 Å². The number of anilines is 1. The number of halogens is 2. The molecule has 1 aromatic heterocycles. The van der Waals surface area contributed by atoms with Crippen LogP contribution in [0.5, 0.6) is 11.5 Å². The second-order valence-corrected chi connectivity index (χ2v) is 6.53. The lowest BCUT2D eigenvalue weighted by Gasteiger charge is -2.16. The maximum absolute atomic E-state index is 13.5. The Morgan fingerprint density at radius 2 is 1.86 bits per heavy atom. The van der Waals surface area contributed by atoms with Gasteiger partial charge in [0.1, 0.15) is 0 Å². The summed E-state index contributed by atoms with van der Waals surface area (Å²) in [4.78, 5) is 18.2. The quantitative estimate of drug-likeness (QED) is 0.651. The molecule has 29 heavy (non-hydrogen) atoms. The summed E-state index contributed by atoms with van der Waals surface area (Å²) in [6.45, 7) is 0.234. The number of rotatable bonds is 5. The molecule has 1 aliphatic rings. The predicted octanol–water partition coefficient (Wildman–Crippen LogP) is 3.55. The number of nitrogens with zero attached hydrogens (tertiary/aromatic N) is 3. The summed E-state index contributed by atoms with van der Waals surface area (Å²) in [6.07, 6.45) is 0.132. The number of amides is 1. The largest absolute Gasteiger partial charge is 0.493 e. The maximum Gasteiger partial charge on any atom is 0.232 e. The number of methoxy groups -OCH3 is 2. The molecule has 0 saturated carbocycles. The molecule has 1 aliphatic heterocycles. The van der Waals surface area contributed by atoms with E-state index in [-0.39, 0.29) is 30.5 Å². The third kappa shape index (κ3) is 3.51. The zero-order valence-corrected chi connectivity index (χ0v) is 15.7. The fraction of sp³-hybridized carbons (Fsp3) is 0.250. The molecule has 0 spiro atoms. The van der Waals surface area contributed by atoms with Crippen LogP contribution in [-0.2, 0) is 4.79 Å². The molecule has 1 unspecified atom stereocenters. The van der Waals surface area contributed by atoms with Crippen molar-refractivity contribution in [1.29, 1.82) is 0 Å². The predicted molar refractivity (Wildman–Crippen MR) is 98.9 cm³/mol. The van der Waals surface area contributed by atoms with E-state index in [2.05, 4.69) is 10.1 Å². The normalized spacial score (nSPS) is 16.3. The molecular formula is C20H17F2N3O4. The van der Waals surface area contributed by atoms with Crippen LogP contribution < -0.4 is 14.4 Å². The van der Waals surface area contributed by atoms with E-state index >= 15 is 0 Å². The Kier molecular flexibility index (Phi) is 4.87. The Labute approximate surface area is 164 Å². The molecule has 1 saturated heterocycles. The highest BCUT2D eigenvalue weighted by Gasteiger charge is 2.35. The Hall–Kier alpha value is -3.49. The number of aromatic nitrogens is 2. The maximum atomic E-state index is 13.5. The van der Waals surface area contributed by atoms with Crippen LogP contribution in [0.15, 0.2) is 40.9 Å². The van der Waals surface area contributed by atoms with Crippen molar-refractivity contribution < 1.29 is 27.6 Å². The van der Waals surface area contributed by atoms with Gasteiger partial charge in [-0.05, 0) is 30.3 Å². The fourth-order valence-electron chi connectivity index (χ4n) is 3.27. The van der Waals surface area contributed by atoms with E-state index in [9.17, 15) is 13.6 Å². The van der Waals surface area contributed by atoms with Crippen LogP contribution in [-0.4, -0.2) is 36.8 Å². The second-order valence-electron chi connectivity index (χ2n) is 6.53. The molecule has 2 heterocycles. The zero-order chi connectivity index (χ0) is 20.5. The first kappa shape index (κ1) is 18.9. The van der Waals surface area contributed by atoms with Gasteiger partial charge in [-0.2, -0.15) is 4.98 Å². The molecule has 0 bridgehead atoms. The van der Waals surface area contributed by atoms with Crippen LogP contribution in [0.25, 0.3) is 11.4 Å². The molecule has 2 aromatic carbocycles. The Morgan fingerprint density at radius 1 is 1.07 bits per heavy atom.